The van der Waals surface area contributed by atoms with Crippen molar-refractivity contribution in [3.8, 4) is 5.75 Å². The van der Waals surface area contributed by atoms with E-state index >= 15 is 0 Å². The normalized spacial score (nSPS) is 14.5. The van der Waals surface area contributed by atoms with Crippen molar-refractivity contribution in [2.24, 2.45) is 0 Å². The predicted octanol–water partition coefficient (Wildman–Crippen LogP) is 2.17. The van der Waals surface area contributed by atoms with E-state index in [0.717, 1.165) is 48.9 Å². The van der Waals surface area contributed by atoms with Gasteiger partial charge in [0.05, 0.1) is 13.5 Å². The van der Waals surface area contributed by atoms with Crippen LogP contribution in [-0.4, -0.2) is 44.1 Å². The summed E-state index contributed by atoms with van der Waals surface area (Å²) in [5.74, 6) is 0.987. The van der Waals surface area contributed by atoms with Crippen LogP contribution in [0.25, 0.3) is 0 Å². The molecule has 3 rings (SSSR count). The SMILES string of the molecule is COc1ccc(CC(=O)N2CCN(c3ccc(N)cc3)CC2)cc1. The van der Waals surface area contributed by atoms with E-state index in [2.05, 4.69) is 4.90 Å². The molecule has 126 valence electrons. The summed E-state index contributed by atoms with van der Waals surface area (Å²) < 4.78 is 5.14. The molecule has 0 saturated carbocycles. The summed E-state index contributed by atoms with van der Waals surface area (Å²) in [5.41, 5.74) is 8.67. The van der Waals surface area contributed by atoms with E-state index < -0.39 is 0 Å². The fourth-order valence-electron chi connectivity index (χ4n) is 2.93. The van der Waals surface area contributed by atoms with Crippen LogP contribution in [0.4, 0.5) is 11.4 Å². The Morgan fingerprint density at radius 3 is 2.21 bits per heavy atom. The highest BCUT2D eigenvalue weighted by Gasteiger charge is 2.21. The van der Waals surface area contributed by atoms with Crippen LogP contribution in [0.5, 0.6) is 5.75 Å². The number of rotatable bonds is 4. The zero-order valence-electron chi connectivity index (χ0n) is 13.9. The van der Waals surface area contributed by atoms with E-state index in [9.17, 15) is 4.79 Å². The van der Waals surface area contributed by atoms with Crippen LogP contribution < -0.4 is 15.4 Å². The Kier molecular flexibility index (Phi) is 4.89. The number of carbonyl (C=O) groups excluding carboxylic acids is 1. The highest BCUT2D eigenvalue weighted by molar-refractivity contribution is 5.79. The number of nitrogens with two attached hydrogens (primary N) is 1. The zero-order valence-corrected chi connectivity index (χ0v) is 13.9. The van der Waals surface area contributed by atoms with E-state index in [1.807, 2.05) is 53.4 Å². The number of anilines is 2. The number of nitrogen functional groups attached to an aromatic ring is 1. The maximum absolute atomic E-state index is 12.5. The van der Waals surface area contributed by atoms with Crippen molar-refractivity contribution in [2.45, 2.75) is 6.42 Å². The van der Waals surface area contributed by atoms with Crippen molar-refractivity contribution in [3.05, 3.63) is 54.1 Å². The molecule has 0 radical (unpaired) electrons. The van der Waals surface area contributed by atoms with Gasteiger partial charge in [-0.15, -0.1) is 0 Å². The van der Waals surface area contributed by atoms with Crippen LogP contribution in [0, 0.1) is 0 Å². The van der Waals surface area contributed by atoms with Gasteiger partial charge in [-0.25, -0.2) is 0 Å². The molecule has 1 saturated heterocycles. The molecule has 24 heavy (non-hydrogen) atoms. The number of hydrogen-bond acceptors (Lipinski definition) is 4. The molecule has 0 aromatic heterocycles. The number of piperazine rings is 1. The number of nitrogens with zero attached hydrogens (tertiary/aromatic N) is 2. The standard InChI is InChI=1S/C19H23N3O2/c1-24-18-8-2-15(3-9-18)14-19(23)22-12-10-21(11-13-22)17-6-4-16(20)5-7-17/h2-9H,10-14,20H2,1H3. The van der Waals surface area contributed by atoms with Gasteiger partial charge in [0.1, 0.15) is 5.75 Å². The topological polar surface area (TPSA) is 58.8 Å². The molecule has 0 spiro atoms. The molecule has 5 nitrogen and oxygen atoms in total. The lowest BCUT2D eigenvalue weighted by atomic mass is 10.1. The Labute approximate surface area is 142 Å². The smallest absolute Gasteiger partial charge is 0.227 e. The third-order valence-electron chi connectivity index (χ3n) is 4.41. The van der Waals surface area contributed by atoms with Crippen LogP contribution in [0.3, 0.4) is 0 Å². The molecule has 5 heteroatoms. The summed E-state index contributed by atoms with van der Waals surface area (Å²) >= 11 is 0. The average Bonchev–Trinajstić information content (AvgIpc) is 2.63. The van der Waals surface area contributed by atoms with Crippen LogP contribution in [-0.2, 0) is 11.2 Å². The summed E-state index contributed by atoms with van der Waals surface area (Å²) in [5, 5.41) is 0. The molecule has 0 bridgehead atoms. The Hall–Kier alpha value is -2.69. The summed E-state index contributed by atoms with van der Waals surface area (Å²) in [7, 11) is 1.64. The van der Waals surface area contributed by atoms with Gasteiger partial charge < -0.3 is 20.3 Å². The van der Waals surface area contributed by atoms with Crippen LogP contribution in [0.2, 0.25) is 0 Å². The molecule has 1 aliphatic heterocycles. The monoisotopic (exact) mass is 325 g/mol. The fraction of sp³-hybridized carbons (Fsp3) is 0.316. The fourth-order valence-corrected chi connectivity index (χ4v) is 2.93. The van der Waals surface area contributed by atoms with Crippen molar-refractivity contribution in [1.82, 2.24) is 4.90 Å². The van der Waals surface area contributed by atoms with Crippen LogP contribution in [0.15, 0.2) is 48.5 Å². The Balaban J connectivity index is 1.53. The summed E-state index contributed by atoms with van der Waals surface area (Å²) in [6.45, 7) is 3.19. The maximum atomic E-state index is 12.5. The lowest BCUT2D eigenvalue weighted by Gasteiger charge is -2.36. The molecule has 1 fully saturated rings. The van der Waals surface area contributed by atoms with Gasteiger partial charge in [0.15, 0.2) is 0 Å². The van der Waals surface area contributed by atoms with Crippen LogP contribution in [0.1, 0.15) is 5.56 Å². The van der Waals surface area contributed by atoms with Crippen molar-refractivity contribution >= 4 is 17.3 Å². The third-order valence-corrected chi connectivity index (χ3v) is 4.41. The number of benzene rings is 2. The zero-order chi connectivity index (χ0) is 16.9. The van der Waals surface area contributed by atoms with Crippen LogP contribution >= 0.6 is 0 Å². The van der Waals surface area contributed by atoms with E-state index in [0.29, 0.717) is 6.42 Å². The van der Waals surface area contributed by atoms with Gasteiger partial charge in [-0.3, -0.25) is 4.79 Å². The number of methoxy groups -OCH3 is 1. The molecule has 0 aliphatic carbocycles. The minimum absolute atomic E-state index is 0.178. The van der Waals surface area contributed by atoms with Gasteiger partial charge in [-0.1, -0.05) is 12.1 Å². The Bertz CT molecular complexity index is 675. The first-order valence-electron chi connectivity index (χ1n) is 8.17. The average molecular weight is 325 g/mol. The van der Waals surface area contributed by atoms with E-state index in [1.54, 1.807) is 7.11 Å². The van der Waals surface area contributed by atoms with Gasteiger partial charge in [0.25, 0.3) is 0 Å². The van der Waals surface area contributed by atoms with Gasteiger partial charge in [0.2, 0.25) is 5.91 Å². The molecule has 1 amide bonds. The molecule has 2 N–H and O–H groups in total. The first-order chi connectivity index (χ1) is 11.7. The summed E-state index contributed by atoms with van der Waals surface area (Å²) in [6, 6.07) is 15.6. The molecular formula is C19H23N3O2. The largest absolute Gasteiger partial charge is 0.497 e. The Morgan fingerprint density at radius 1 is 1.00 bits per heavy atom. The van der Waals surface area contributed by atoms with Crippen molar-refractivity contribution in [2.75, 3.05) is 43.9 Å². The van der Waals surface area contributed by atoms with Crippen molar-refractivity contribution in [1.29, 1.82) is 0 Å². The lowest BCUT2D eigenvalue weighted by molar-refractivity contribution is -0.130. The van der Waals surface area contributed by atoms with Gasteiger partial charge in [-0.05, 0) is 42.0 Å². The molecule has 1 heterocycles. The summed E-state index contributed by atoms with van der Waals surface area (Å²) in [4.78, 5) is 16.7. The van der Waals surface area contributed by atoms with E-state index in [4.69, 9.17) is 10.5 Å². The number of carbonyl (C=O) groups is 1. The molecule has 2 aromatic carbocycles. The number of amides is 1. The molecule has 2 aromatic rings. The third kappa shape index (κ3) is 3.79. The van der Waals surface area contributed by atoms with Crippen molar-refractivity contribution < 1.29 is 9.53 Å². The molecule has 0 atom stereocenters. The predicted molar refractivity (Wildman–Crippen MR) is 96.3 cm³/mol. The van der Waals surface area contributed by atoms with Gasteiger partial charge in [-0.2, -0.15) is 0 Å². The molecular weight excluding hydrogens is 302 g/mol. The lowest BCUT2D eigenvalue weighted by Crippen LogP contribution is -2.49. The second kappa shape index (κ2) is 7.25. The number of hydrogen-bond donors (Lipinski definition) is 1. The minimum atomic E-state index is 0.178. The van der Waals surface area contributed by atoms with Crippen molar-refractivity contribution in [3.63, 3.8) is 0 Å². The molecule has 0 unspecified atom stereocenters. The summed E-state index contributed by atoms with van der Waals surface area (Å²) in [6.07, 6.45) is 0.436. The van der Waals surface area contributed by atoms with Gasteiger partial charge >= 0.3 is 0 Å². The van der Waals surface area contributed by atoms with E-state index in [-0.39, 0.29) is 5.91 Å². The highest BCUT2D eigenvalue weighted by atomic mass is 16.5. The van der Waals surface area contributed by atoms with E-state index in [1.165, 1.54) is 0 Å². The first kappa shape index (κ1) is 16.2. The molecule has 1 aliphatic rings. The quantitative estimate of drug-likeness (QED) is 0.875. The maximum Gasteiger partial charge on any atom is 0.227 e. The van der Waals surface area contributed by atoms with Gasteiger partial charge in [0, 0.05) is 37.6 Å². The minimum Gasteiger partial charge on any atom is -0.497 e. The second-order valence-corrected chi connectivity index (χ2v) is 5.98. The Morgan fingerprint density at radius 2 is 1.62 bits per heavy atom. The number of ether oxygens (including phenoxy) is 1. The second-order valence-electron chi connectivity index (χ2n) is 5.98. The highest BCUT2D eigenvalue weighted by Crippen LogP contribution is 2.19. The first-order valence-corrected chi connectivity index (χ1v) is 8.17.